The first-order valence-electron chi connectivity index (χ1n) is 6.79. The molecule has 4 heteroatoms. The summed E-state index contributed by atoms with van der Waals surface area (Å²) in [5, 5.41) is 3.25. The number of halogens is 1. The fourth-order valence-corrected chi connectivity index (χ4v) is 2.52. The molecular formula is C15H21FN2O. The van der Waals surface area contributed by atoms with E-state index in [2.05, 4.69) is 12.2 Å². The van der Waals surface area contributed by atoms with E-state index in [1.165, 1.54) is 6.07 Å². The monoisotopic (exact) mass is 264 g/mol. The number of carbonyl (C=O) groups is 1. The van der Waals surface area contributed by atoms with E-state index in [1.54, 1.807) is 30.1 Å². The highest BCUT2D eigenvalue weighted by Gasteiger charge is 2.27. The van der Waals surface area contributed by atoms with Gasteiger partial charge in [0, 0.05) is 19.2 Å². The Kier molecular flexibility index (Phi) is 4.53. The lowest BCUT2D eigenvalue weighted by atomic mass is 9.93. The van der Waals surface area contributed by atoms with Crippen LogP contribution in [0.1, 0.15) is 25.3 Å². The zero-order valence-corrected chi connectivity index (χ0v) is 11.5. The van der Waals surface area contributed by atoms with Gasteiger partial charge in [0.2, 0.25) is 5.91 Å². The van der Waals surface area contributed by atoms with Gasteiger partial charge in [-0.1, -0.05) is 25.1 Å². The van der Waals surface area contributed by atoms with E-state index in [4.69, 9.17) is 0 Å². The van der Waals surface area contributed by atoms with Gasteiger partial charge in [0.15, 0.2) is 0 Å². The normalized spacial score (nSPS) is 23.1. The molecule has 2 unspecified atom stereocenters. The van der Waals surface area contributed by atoms with Crippen LogP contribution in [0.2, 0.25) is 0 Å². The van der Waals surface area contributed by atoms with E-state index in [1.807, 2.05) is 0 Å². The summed E-state index contributed by atoms with van der Waals surface area (Å²) in [5.41, 5.74) is 0.558. The minimum Gasteiger partial charge on any atom is -0.340 e. The SMILES string of the molecule is CC1CCNC(C(=O)N(C)Cc2ccccc2F)C1. The van der Waals surface area contributed by atoms with Gasteiger partial charge in [-0.25, -0.2) is 4.39 Å². The number of nitrogens with zero attached hydrogens (tertiary/aromatic N) is 1. The lowest BCUT2D eigenvalue weighted by Gasteiger charge is -2.30. The summed E-state index contributed by atoms with van der Waals surface area (Å²) < 4.78 is 13.6. The van der Waals surface area contributed by atoms with Gasteiger partial charge in [-0.3, -0.25) is 4.79 Å². The van der Waals surface area contributed by atoms with E-state index < -0.39 is 0 Å². The number of nitrogens with one attached hydrogen (secondary N) is 1. The van der Waals surface area contributed by atoms with Crippen LogP contribution in [0.25, 0.3) is 0 Å². The lowest BCUT2D eigenvalue weighted by molar-refractivity contribution is -0.133. The Morgan fingerprint density at radius 2 is 2.21 bits per heavy atom. The van der Waals surface area contributed by atoms with Crippen molar-refractivity contribution in [1.29, 1.82) is 0 Å². The standard InChI is InChI=1S/C15H21FN2O/c1-11-7-8-17-14(9-11)15(19)18(2)10-12-5-3-4-6-13(12)16/h3-6,11,14,17H,7-10H2,1-2H3. The third-order valence-electron chi connectivity index (χ3n) is 3.71. The lowest BCUT2D eigenvalue weighted by Crippen LogP contribution is -2.48. The van der Waals surface area contributed by atoms with Gasteiger partial charge in [0.05, 0.1) is 6.04 Å². The summed E-state index contributed by atoms with van der Waals surface area (Å²) in [6.45, 7) is 3.36. The first-order valence-corrected chi connectivity index (χ1v) is 6.79. The highest BCUT2D eigenvalue weighted by atomic mass is 19.1. The van der Waals surface area contributed by atoms with Crippen molar-refractivity contribution in [3.8, 4) is 0 Å². The topological polar surface area (TPSA) is 32.3 Å². The predicted molar refractivity (Wildman–Crippen MR) is 73.1 cm³/mol. The average Bonchev–Trinajstić information content (AvgIpc) is 2.40. The first-order chi connectivity index (χ1) is 9.08. The van der Waals surface area contributed by atoms with Crippen LogP contribution in [0.15, 0.2) is 24.3 Å². The van der Waals surface area contributed by atoms with Crippen molar-refractivity contribution in [3.63, 3.8) is 0 Å². The molecule has 0 saturated carbocycles. The highest BCUT2D eigenvalue weighted by molar-refractivity contribution is 5.81. The van der Waals surface area contributed by atoms with Crippen molar-refractivity contribution in [2.45, 2.75) is 32.4 Å². The van der Waals surface area contributed by atoms with Crippen LogP contribution in [0.5, 0.6) is 0 Å². The fourth-order valence-electron chi connectivity index (χ4n) is 2.52. The molecule has 1 N–H and O–H groups in total. The number of amides is 1. The molecule has 1 heterocycles. The Bertz CT molecular complexity index is 450. The Hall–Kier alpha value is -1.42. The van der Waals surface area contributed by atoms with Crippen molar-refractivity contribution in [2.75, 3.05) is 13.6 Å². The van der Waals surface area contributed by atoms with Gasteiger partial charge in [-0.15, -0.1) is 0 Å². The van der Waals surface area contributed by atoms with Crippen LogP contribution in [0.4, 0.5) is 4.39 Å². The maximum atomic E-state index is 13.6. The molecule has 1 fully saturated rings. The Morgan fingerprint density at radius 3 is 2.89 bits per heavy atom. The molecule has 1 amide bonds. The van der Waals surface area contributed by atoms with Crippen molar-refractivity contribution < 1.29 is 9.18 Å². The van der Waals surface area contributed by atoms with Crippen LogP contribution >= 0.6 is 0 Å². The third-order valence-corrected chi connectivity index (χ3v) is 3.71. The second-order valence-electron chi connectivity index (χ2n) is 5.42. The number of piperidine rings is 1. The van der Waals surface area contributed by atoms with E-state index in [0.717, 1.165) is 19.4 Å². The molecule has 19 heavy (non-hydrogen) atoms. The minimum absolute atomic E-state index is 0.0507. The number of likely N-dealkylation sites (N-methyl/N-ethyl adjacent to an activating group) is 1. The largest absolute Gasteiger partial charge is 0.340 e. The van der Waals surface area contributed by atoms with E-state index in [9.17, 15) is 9.18 Å². The number of rotatable bonds is 3. The molecule has 1 saturated heterocycles. The van der Waals surface area contributed by atoms with E-state index in [0.29, 0.717) is 18.0 Å². The van der Waals surface area contributed by atoms with Crippen molar-refractivity contribution in [3.05, 3.63) is 35.6 Å². The molecule has 0 radical (unpaired) electrons. The molecule has 0 bridgehead atoms. The van der Waals surface area contributed by atoms with Crippen molar-refractivity contribution >= 4 is 5.91 Å². The molecule has 1 aliphatic rings. The number of benzene rings is 1. The van der Waals surface area contributed by atoms with Crippen LogP contribution in [-0.2, 0) is 11.3 Å². The molecule has 2 atom stereocenters. The summed E-state index contributed by atoms with van der Waals surface area (Å²) in [5.74, 6) is 0.360. The van der Waals surface area contributed by atoms with Crippen molar-refractivity contribution in [2.24, 2.45) is 5.92 Å². The van der Waals surface area contributed by atoms with Gasteiger partial charge in [-0.05, 0) is 31.4 Å². The second kappa shape index (κ2) is 6.15. The maximum Gasteiger partial charge on any atom is 0.239 e. The molecule has 0 spiro atoms. The quantitative estimate of drug-likeness (QED) is 0.907. The number of hydrogen-bond acceptors (Lipinski definition) is 2. The van der Waals surface area contributed by atoms with Crippen LogP contribution in [-0.4, -0.2) is 30.4 Å². The zero-order chi connectivity index (χ0) is 13.8. The fraction of sp³-hybridized carbons (Fsp3) is 0.533. The molecule has 0 aliphatic carbocycles. The molecule has 1 aromatic rings. The summed E-state index contributed by atoms with van der Waals surface area (Å²) in [4.78, 5) is 13.9. The summed E-state index contributed by atoms with van der Waals surface area (Å²) >= 11 is 0. The van der Waals surface area contributed by atoms with Crippen LogP contribution in [0, 0.1) is 11.7 Å². The van der Waals surface area contributed by atoms with Gasteiger partial charge in [0.25, 0.3) is 0 Å². The summed E-state index contributed by atoms with van der Waals surface area (Å²) in [6.07, 6.45) is 1.97. The Balaban J connectivity index is 1.97. The predicted octanol–water partition coefficient (Wildman–Crippen LogP) is 2.17. The maximum absolute atomic E-state index is 13.6. The summed E-state index contributed by atoms with van der Waals surface area (Å²) in [6, 6.07) is 6.47. The molecule has 0 aromatic heterocycles. The number of hydrogen-bond donors (Lipinski definition) is 1. The molecule has 2 rings (SSSR count). The first kappa shape index (κ1) is 14.0. The van der Waals surface area contributed by atoms with E-state index >= 15 is 0 Å². The van der Waals surface area contributed by atoms with Gasteiger partial charge < -0.3 is 10.2 Å². The van der Waals surface area contributed by atoms with Crippen molar-refractivity contribution in [1.82, 2.24) is 10.2 Å². The average molecular weight is 264 g/mol. The Labute approximate surface area is 113 Å². The molecule has 3 nitrogen and oxygen atoms in total. The molecule has 1 aromatic carbocycles. The Morgan fingerprint density at radius 1 is 1.47 bits per heavy atom. The van der Waals surface area contributed by atoms with Gasteiger partial charge in [0.1, 0.15) is 5.82 Å². The second-order valence-corrected chi connectivity index (χ2v) is 5.42. The molecule has 104 valence electrons. The summed E-state index contributed by atoms with van der Waals surface area (Å²) in [7, 11) is 1.73. The zero-order valence-electron chi connectivity index (χ0n) is 11.5. The van der Waals surface area contributed by atoms with Gasteiger partial charge >= 0.3 is 0 Å². The highest BCUT2D eigenvalue weighted by Crippen LogP contribution is 2.17. The van der Waals surface area contributed by atoms with Gasteiger partial charge in [-0.2, -0.15) is 0 Å². The molecule has 1 aliphatic heterocycles. The molecular weight excluding hydrogens is 243 g/mol. The van der Waals surface area contributed by atoms with Crippen LogP contribution < -0.4 is 5.32 Å². The smallest absolute Gasteiger partial charge is 0.239 e. The van der Waals surface area contributed by atoms with E-state index in [-0.39, 0.29) is 17.8 Å². The third kappa shape index (κ3) is 3.53. The minimum atomic E-state index is -0.257. The number of carbonyl (C=O) groups excluding carboxylic acids is 1. The van der Waals surface area contributed by atoms with Crippen LogP contribution in [0.3, 0.4) is 0 Å².